The Morgan fingerprint density at radius 1 is 1.53 bits per heavy atom. The highest BCUT2D eigenvalue weighted by Crippen LogP contribution is 2.28. The lowest BCUT2D eigenvalue weighted by molar-refractivity contribution is 0.201. The first kappa shape index (κ1) is 15.1. The van der Waals surface area contributed by atoms with Crippen LogP contribution in [-0.2, 0) is 0 Å². The smallest absolute Gasteiger partial charge is 0.133 e. The van der Waals surface area contributed by atoms with Crippen LogP contribution in [0.25, 0.3) is 0 Å². The molecule has 2 unspecified atom stereocenters. The molecule has 106 valence electrons. The number of hydrogen-bond donors (Lipinski definition) is 1. The molecule has 1 heterocycles. The van der Waals surface area contributed by atoms with Gasteiger partial charge < -0.3 is 10.5 Å². The van der Waals surface area contributed by atoms with E-state index in [1.807, 2.05) is 18.2 Å². The summed E-state index contributed by atoms with van der Waals surface area (Å²) in [6, 6.07) is 6.18. The summed E-state index contributed by atoms with van der Waals surface area (Å²) in [6.07, 6.45) is 1.20. The van der Waals surface area contributed by atoms with Crippen molar-refractivity contribution >= 4 is 27.5 Å². The molecule has 1 fully saturated rings. The summed E-state index contributed by atoms with van der Waals surface area (Å²) in [6.45, 7) is 5.75. The first-order valence-corrected chi connectivity index (χ1v) is 7.79. The monoisotopic (exact) mass is 346 g/mol. The molecule has 1 aliphatic heterocycles. The summed E-state index contributed by atoms with van der Waals surface area (Å²) in [4.78, 5) is 2.45. The minimum absolute atomic E-state index is 0.603. The predicted octanol–water partition coefficient (Wildman–Crippen LogP) is 3.15. The van der Waals surface area contributed by atoms with E-state index in [4.69, 9.17) is 22.1 Å². The molecule has 0 saturated carbocycles. The molecular formula is C14H20BrClN2O. The van der Waals surface area contributed by atoms with Crippen LogP contribution in [0.3, 0.4) is 0 Å². The standard InChI is InChI=1S/C14H20BrClN2O/c1-10-6-11(8-17)9-18(10)4-5-19-14-3-2-12(16)7-13(14)15/h2-3,7,10-11H,4-6,8-9,17H2,1H3. The van der Waals surface area contributed by atoms with Gasteiger partial charge in [0.25, 0.3) is 0 Å². The van der Waals surface area contributed by atoms with Gasteiger partial charge in [-0.15, -0.1) is 0 Å². The van der Waals surface area contributed by atoms with Crippen LogP contribution < -0.4 is 10.5 Å². The number of nitrogens with two attached hydrogens (primary N) is 1. The second-order valence-corrected chi connectivity index (χ2v) is 6.40. The zero-order valence-corrected chi connectivity index (χ0v) is 13.5. The molecule has 2 N–H and O–H groups in total. The van der Waals surface area contributed by atoms with Gasteiger partial charge in [0.15, 0.2) is 0 Å². The average Bonchev–Trinajstić information content (AvgIpc) is 2.73. The molecule has 0 radical (unpaired) electrons. The number of ether oxygens (including phenoxy) is 1. The van der Waals surface area contributed by atoms with E-state index in [1.165, 1.54) is 6.42 Å². The van der Waals surface area contributed by atoms with Crippen molar-refractivity contribution in [3.63, 3.8) is 0 Å². The van der Waals surface area contributed by atoms with Crippen molar-refractivity contribution in [2.45, 2.75) is 19.4 Å². The van der Waals surface area contributed by atoms with Crippen molar-refractivity contribution in [2.75, 3.05) is 26.2 Å². The van der Waals surface area contributed by atoms with E-state index in [9.17, 15) is 0 Å². The van der Waals surface area contributed by atoms with Crippen LogP contribution in [0.4, 0.5) is 0 Å². The van der Waals surface area contributed by atoms with Crippen molar-refractivity contribution in [3.8, 4) is 5.75 Å². The van der Waals surface area contributed by atoms with Crippen molar-refractivity contribution in [1.82, 2.24) is 4.90 Å². The third kappa shape index (κ3) is 4.09. The Kier molecular flexibility index (Phi) is 5.51. The summed E-state index contributed by atoms with van der Waals surface area (Å²) in [5, 5.41) is 0.707. The Morgan fingerprint density at radius 3 is 2.95 bits per heavy atom. The first-order chi connectivity index (χ1) is 9.10. The van der Waals surface area contributed by atoms with Crippen molar-refractivity contribution in [3.05, 3.63) is 27.7 Å². The van der Waals surface area contributed by atoms with E-state index in [-0.39, 0.29) is 0 Å². The Balaban J connectivity index is 1.80. The Hall–Kier alpha value is -0.290. The SMILES string of the molecule is CC1CC(CN)CN1CCOc1ccc(Cl)cc1Br. The van der Waals surface area contributed by atoms with Gasteiger partial charge in [-0.25, -0.2) is 0 Å². The van der Waals surface area contributed by atoms with Gasteiger partial charge in [0.1, 0.15) is 12.4 Å². The maximum Gasteiger partial charge on any atom is 0.133 e. The molecule has 0 aromatic heterocycles. The molecule has 1 aliphatic rings. The van der Waals surface area contributed by atoms with Crippen molar-refractivity contribution < 1.29 is 4.74 Å². The van der Waals surface area contributed by atoms with Gasteiger partial charge in [0, 0.05) is 24.2 Å². The Morgan fingerprint density at radius 2 is 2.32 bits per heavy atom. The quantitative estimate of drug-likeness (QED) is 0.889. The van der Waals surface area contributed by atoms with E-state index in [0.29, 0.717) is 23.6 Å². The van der Waals surface area contributed by atoms with E-state index >= 15 is 0 Å². The van der Waals surface area contributed by atoms with E-state index in [2.05, 4.69) is 27.8 Å². The average molecular weight is 348 g/mol. The summed E-state index contributed by atoms with van der Waals surface area (Å²) >= 11 is 9.35. The number of likely N-dealkylation sites (tertiary alicyclic amines) is 1. The van der Waals surface area contributed by atoms with Crippen LogP contribution in [0.15, 0.2) is 22.7 Å². The van der Waals surface area contributed by atoms with Crippen LogP contribution in [0.1, 0.15) is 13.3 Å². The highest BCUT2D eigenvalue weighted by Gasteiger charge is 2.27. The fourth-order valence-corrected chi connectivity index (χ4v) is 3.36. The Bertz CT molecular complexity index is 430. The molecule has 3 nitrogen and oxygen atoms in total. The third-order valence-corrected chi connectivity index (χ3v) is 4.51. The van der Waals surface area contributed by atoms with Gasteiger partial charge in [-0.3, -0.25) is 4.90 Å². The molecule has 0 spiro atoms. The zero-order chi connectivity index (χ0) is 13.8. The van der Waals surface area contributed by atoms with E-state index in [0.717, 1.165) is 29.9 Å². The summed E-state index contributed by atoms with van der Waals surface area (Å²) < 4.78 is 6.69. The molecule has 2 rings (SSSR count). The van der Waals surface area contributed by atoms with E-state index < -0.39 is 0 Å². The van der Waals surface area contributed by atoms with Crippen LogP contribution >= 0.6 is 27.5 Å². The van der Waals surface area contributed by atoms with Crippen LogP contribution in [-0.4, -0.2) is 37.2 Å². The van der Waals surface area contributed by atoms with Gasteiger partial charge in [0.05, 0.1) is 4.47 Å². The second kappa shape index (κ2) is 6.93. The maximum absolute atomic E-state index is 5.90. The normalized spacial score (nSPS) is 23.8. The van der Waals surface area contributed by atoms with Crippen LogP contribution in [0, 0.1) is 5.92 Å². The minimum atomic E-state index is 0.603. The van der Waals surface area contributed by atoms with Gasteiger partial charge in [-0.1, -0.05) is 11.6 Å². The second-order valence-electron chi connectivity index (χ2n) is 5.10. The number of benzene rings is 1. The topological polar surface area (TPSA) is 38.5 Å². The lowest BCUT2D eigenvalue weighted by atomic mass is 10.1. The number of rotatable bonds is 5. The maximum atomic E-state index is 5.90. The predicted molar refractivity (Wildman–Crippen MR) is 82.8 cm³/mol. The van der Waals surface area contributed by atoms with Crippen molar-refractivity contribution in [1.29, 1.82) is 0 Å². The summed E-state index contributed by atoms with van der Waals surface area (Å²) in [5.41, 5.74) is 5.74. The van der Waals surface area contributed by atoms with E-state index in [1.54, 1.807) is 0 Å². The third-order valence-electron chi connectivity index (χ3n) is 3.65. The van der Waals surface area contributed by atoms with Gasteiger partial charge in [-0.2, -0.15) is 0 Å². The Labute approximate surface area is 128 Å². The molecular weight excluding hydrogens is 328 g/mol. The lowest BCUT2D eigenvalue weighted by Crippen LogP contribution is -2.32. The number of nitrogens with zero attached hydrogens (tertiary/aromatic N) is 1. The highest BCUT2D eigenvalue weighted by atomic mass is 79.9. The molecule has 0 bridgehead atoms. The van der Waals surface area contributed by atoms with Gasteiger partial charge in [0.2, 0.25) is 0 Å². The molecule has 0 aliphatic carbocycles. The number of halogens is 2. The number of hydrogen-bond acceptors (Lipinski definition) is 3. The highest BCUT2D eigenvalue weighted by molar-refractivity contribution is 9.10. The van der Waals surface area contributed by atoms with Crippen LogP contribution in [0.2, 0.25) is 5.02 Å². The molecule has 5 heteroatoms. The molecule has 2 atom stereocenters. The summed E-state index contributed by atoms with van der Waals surface area (Å²) in [7, 11) is 0. The molecule has 1 aromatic rings. The fourth-order valence-electron chi connectivity index (χ4n) is 2.57. The largest absolute Gasteiger partial charge is 0.491 e. The van der Waals surface area contributed by atoms with Crippen molar-refractivity contribution in [2.24, 2.45) is 11.7 Å². The van der Waals surface area contributed by atoms with Gasteiger partial charge >= 0.3 is 0 Å². The molecule has 1 aromatic carbocycles. The minimum Gasteiger partial charge on any atom is -0.491 e. The first-order valence-electron chi connectivity index (χ1n) is 6.62. The molecule has 1 saturated heterocycles. The molecule has 0 amide bonds. The summed E-state index contributed by atoms with van der Waals surface area (Å²) in [5.74, 6) is 1.48. The lowest BCUT2D eigenvalue weighted by Gasteiger charge is -2.21. The molecule has 19 heavy (non-hydrogen) atoms. The van der Waals surface area contributed by atoms with Gasteiger partial charge in [-0.05, 0) is 59.9 Å². The zero-order valence-electron chi connectivity index (χ0n) is 11.1. The van der Waals surface area contributed by atoms with Crippen LogP contribution in [0.5, 0.6) is 5.75 Å². The fraction of sp³-hybridized carbons (Fsp3) is 0.571.